The molecule has 0 amide bonds. The molecule has 166 valence electrons. The van der Waals surface area contributed by atoms with Crippen molar-refractivity contribution in [2.24, 2.45) is 0 Å². The second kappa shape index (κ2) is 7.74. The van der Waals surface area contributed by atoms with Gasteiger partial charge in [0.05, 0.1) is 4.90 Å². The minimum Gasteiger partial charge on any atom is -0.331 e. The highest BCUT2D eigenvalue weighted by Crippen LogP contribution is 2.32. The van der Waals surface area contributed by atoms with Gasteiger partial charge in [0, 0.05) is 28.5 Å². The van der Waals surface area contributed by atoms with Crippen LogP contribution in [-0.4, -0.2) is 17.0 Å². The summed E-state index contributed by atoms with van der Waals surface area (Å²) >= 11 is 0. The lowest BCUT2D eigenvalue weighted by atomic mass is 10.1. The first-order chi connectivity index (χ1) is 15.8. The summed E-state index contributed by atoms with van der Waals surface area (Å²) in [5.41, 5.74) is 3.97. The van der Waals surface area contributed by atoms with Crippen molar-refractivity contribution in [1.82, 2.24) is 8.54 Å². The van der Waals surface area contributed by atoms with Crippen LogP contribution in [-0.2, 0) is 16.6 Å². The lowest BCUT2D eigenvalue weighted by molar-refractivity contribution is 0.583. The van der Waals surface area contributed by atoms with Gasteiger partial charge in [-0.25, -0.2) is 12.4 Å². The summed E-state index contributed by atoms with van der Waals surface area (Å²) in [7, 11) is -4.07. The summed E-state index contributed by atoms with van der Waals surface area (Å²) in [5, 5.41) is 1.75. The maximum absolute atomic E-state index is 13.9. The van der Waals surface area contributed by atoms with E-state index in [1.165, 1.54) is 0 Å². The largest absolute Gasteiger partial charge is 0.331 e. The van der Waals surface area contributed by atoms with Gasteiger partial charge in [0.25, 0.3) is 15.6 Å². The van der Waals surface area contributed by atoms with Gasteiger partial charge in [-0.2, -0.15) is 0 Å². The molecule has 0 bridgehead atoms. The zero-order chi connectivity index (χ0) is 23.3. The van der Waals surface area contributed by atoms with E-state index in [1.807, 2.05) is 73.0 Å². The van der Waals surface area contributed by atoms with Gasteiger partial charge in [0.1, 0.15) is 5.52 Å². The first-order valence-electron chi connectivity index (χ1n) is 10.8. The molecule has 0 radical (unpaired) electrons. The van der Waals surface area contributed by atoms with Gasteiger partial charge in [0.2, 0.25) is 0 Å². The van der Waals surface area contributed by atoms with Crippen LogP contribution in [0.4, 0.5) is 0 Å². The van der Waals surface area contributed by atoms with Gasteiger partial charge >= 0.3 is 0 Å². The van der Waals surface area contributed by atoms with Gasteiger partial charge in [-0.05, 0) is 50.1 Å². The fourth-order valence-electron chi connectivity index (χ4n) is 4.52. The molecule has 6 heteroatoms. The highest BCUT2D eigenvalue weighted by molar-refractivity contribution is 7.90. The van der Waals surface area contributed by atoms with Crippen molar-refractivity contribution in [3.05, 3.63) is 112 Å². The molecule has 2 heterocycles. The molecule has 0 aliphatic carbocycles. The van der Waals surface area contributed by atoms with Gasteiger partial charge in [0.15, 0.2) is 0 Å². The number of rotatable bonds is 4. The normalized spacial score (nSPS) is 12.0. The smallest absolute Gasteiger partial charge is 0.289 e. The molecular formula is C27H24N2O3S. The summed E-state index contributed by atoms with van der Waals surface area (Å²) in [6, 6.07) is 24.3. The van der Waals surface area contributed by atoms with Crippen molar-refractivity contribution in [3.8, 4) is 0 Å². The second-order valence-corrected chi connectivity index (χ2v) is 10.2. The van der Waals surface area contributed by atoms with Gasteiger partial charge in [-0.3, -0.25) is 4.79 Å². The van der Waals surface area contributed by atoms with Crippen LogP contribution in [0.15, 0.2) is 88.6 Å². The van der Waals surface area contributed by atoms with E-state index in [2.05, 4.69) is 0 Å². The molecule has 3 aromatic carbocycles. The molecule has 0 N–H and O–H groups in total. The number of fused-ring (bicyclic) bond motifs is 3. The summed E-state index contributed by atoms with van der Waals surface area (Å²) < 4.78 is 30.2. The van der Waals surface area contributed by atoms with E-state index >= 15 is 0 Å². The van der Waals surface area contributed by atoms with Crippen LogP contribution in [0.5, 0.6) is 0 Å². The van der Waals surface area contributed by atoms with Crippen molar-refractivity contribution in [3.63, 3.8) is 0 Å². The van der Waals surface area contributed by atoms with E-state index in [1.54, 1.807) is 31.2 Å². The van der Waals surface area contributed by atoms with E-state index in [-0.39, 0.29) is 4.90 Å². The third kappa shape index (κ3) is 3.29. The molecule has 0 spiro atoms. The maximum Gasteiger partial charge on any atom is 0.289 e. The quantitative estimate of drug-likeness (QED) is 0.375. The van der Waals surface area contributed by atoms with Crippen molar-refractivity contribution in [2.45, 2.75) is 32.2 Å². The summed E-state index contributed by atoms with van der Waals surface area (Å²) in [6.07, 6.45) is 0. The number of aromatic nitrogens is 2. The predicted octanol–water partition coefficient (Wildman–Crippen LogP) is 5.17. The van der Waals surface area contributed by atoms with Crippen molar-refractivity contribution in [1.29, 1.82) is 0 Å². The lowest BCUT2D eigenvalue weighted by Crippen LogP contribution is -2.31. The van der Waals surface area contributed by atoms with E-state index < -0.39 is 15.6 Å². The molecular weight excluding hydrogens is 432 g/mol. The van der Waals surface area contributed by atoms with Crippen LogP contribution in [0.1, 0.15) is 22.4 Å². The molecule has 0 aliphatic heterocycles. The molecule has 0 saturated carbocycles. The molecule has 0 fully saturated rings. The Hall–Kier alpha value is -3.64. The van der Waals surface area contributed by atoms with E-state index in [9.17, 15) is 13.2 Å². The Bertz CT molecular complexity index is 1680. The highest BCUT2D eigenvalue weighted by atomic mass is 32.2. The monoisotopic (exact) mass is 456 g/mol. The van der Waals surface area contributed by atoms with E-state index in [4.69, 9.17) is 0 Å². The van der Waals surface area contributed by atoms with Gasteiger partial charge in [-0.1, -0.05) is 66.2 Å². The topological polar surface area (TPSA) is 61.1 Å². The maximum atomic E-state index is 13.9. The average Bonchev–Trinajstić information content (AvgIpc) is 3.13. The van der Waals surface area contributed by atoms with Crippen LogP contribution in [0.3, 0.4) is 0 Å². The third-order valence-electron chi connectivity index (χ3n) is 6.32. The molecule has 0 saturated heterocycles. The van der Waals surface area contributed by atoms with Gasteiger partial charge < -0.3 is 4.57 Å². The zero-order valence-corrected chi connectivity index (χ0v) is 19.6. The summed E-state index contributed by atoms with van der Waals surface area (Å²) in [4.78, 5) is 14.0. The standard InChI is InChI=1S/C27H24N2O3S/c1-18-13-15-22(16-14-18)33(31,32)29-20(3)19(2)25-23-11-7-8-12-24(23)28(26(25)27(29)30)17-21-9-5-4-6-10-21/h4-16H,17H2,1-3H3. The number of aryl methyl sites for hydroxylation is 2. The van der Waals surface area contributed by atoms with Crippen molar-refractivity contribution >= 4 is 31.8 Å². The van der Waals surface area contributed by atoms with Crippen LogP contribution in [0.25, 0.3) is 21.8 Å². The van der Waals surface area contributed by atoms with Crippen LogP contribution in [0, 0.1) is 20.8 Å². The molecule has 0 aliphatic rings. The SMILES string of the molecule is Cc1ccc(S(=O)(=O)n2c(C)c(C)c3c4ccccc4n(Cc4ccccc4)c3c2=O)cc1. The molecule has 5 aromatic rings. The van der Waals surface area contributed by atoms with Crippen LogP contribution < -0.4 is 5.56 Å². The minimum absolute atomic E-state index is 0.0998. The predicted molar refractivity (Wildman–Crippen MR) is 132 cm³/mol. The van der Waals surface area contributed by atoms with E-state index in [0.29, 0.717) is 17.8 Å². The molecule has 0 unspecified atom stereocenters. The first kappa shape index (κ1) is 21.2. The fourth-order valence-corrected chi connectivity index (χ4v) is 6.02. The minimum atomic E-state index is -4.07. The second-order valence-electron chi connectivity index (χ2n) is 8.41. The summed E-state index contributed by atoms with van der Waals surface area (Å²) in [6.45, 7) is 5.95. The van der Waals surface area contributed by atoms with Crippen molar-refractivity contribution in [2.75, 3.05) is 0 Å². The Labute approximate surface area is 192 Å². The first-order valence-corrected chi connectivity index (χ1v) is 12.2. The fraction of sp³-hybridized carbons (Fsp3) is 0.148. The van der Waals surface area contributed by atoms with Crippen molar-refractivity contribution < 1.29 is 8.42 Å². The molecule has 0 atom stereocenters. The number of hydrogen-bond donors (Lipinski definition) is 0. The van der Waals surface area contributed by atoms with Crippen LogP contribution in [0.2, 0.25) is 0 Å². The number of benzene rings is 3. The summed E-state index contributed by atoms with van der Waals surface area (Å²) in [5.74, 6) is 0. The number of pyridine rings is 1. The number of nitrogens with zero attached hydrogens (tertiary/aromatic N) is 2. The molecule has 33 heavy (non-hydrogen) atoms. The Morgan fingerprint density at radius 3 is 2.12 bits per heavy atom. The zero-order valence-electron chi connectivity index (χ0n) is 18.7. The van der Waals surface area contributed by atoms with Gasteiger partial charge in [-0.15, -0.1) is 0 Å². The average molecular weight is 457 g/mol. The Balaban J connectivity index is 1.89. The number of hydrogen-bond acceptors (Lipinski definition) is 3. The Morgan fingerprint density at radius 1 is 0.788 bits per heavy atom. The Kier molecular flexibility index (Phi) is 4.98. The third-order valence-corrected chi connectivity index (χ3v) is 8.11. The van der Waals surface area contributed by atoms with E-state index in [0.717, 1.165) is 37.0 Å². The Morgan fingerprint density at radius 2 is 1.42 bits per heavy atom. The molecule has 5 nitrogen and oxygen atoms in total. The highest BCUT2D eigenvalue weighted by Gasteiger charge is 2.27. The lowest BCUT2D eigenvalue weighted by Gasteiger charge is -2.16. The molecule has 5 rings (SSSR count). The molecule has 2 aromatic heterocycles. The van der Waals surface area contributed by atoms with Crippen LogP contribution >= 0.6 is 0 Å². The number of para-hydroxylation sites is 1.